The van der Waals surface area contributed by atoms with Crippen LogP contribution < -0.4 is 10.1 Å². The van der Waals surface area contributed by atoms with E-state index in [0.29, 0.717) is 16.6 Å². The summed E-state index contributed by atoms with van der Waals surface area (Å²) in [5.74, 6) is -5.79. The maximum atomic E-state index is 13.9. The summed E-state index contributed by atoms with van der Waals surface area (Å²) < 4.78 is 46.2. The third kappa shape index (κ3) is 4.96. The zero-order chi connectivity index (χ0) is 18.6. The van der Waals surface area contributed by atoms with E-state index in [1.54, 1.807) is 6.07 Å². The van der Waals surface area contributed by atoms with Crippen LogP contribution in [0.5, 0.6) is 5.75 Å². The van der Waals surface area contributed by atoms with Crippen molar-refractivity contribution in [2.75, 3.05) is 6.61 Å². The molecule has 2 aromatic rings. The molecule has 0 unspecified atom stereocenters. The van der Waals surface area contributed by atoms with Crippen LogP contribution >= 0.6 is 15.9 Å². The van der Waals surface area contributed by atoms with Gasteiger partial charge in [-0.25, -0.2) is 18.0 Å². The third-order valence-electron chi connectivity index (χ3n) is 3.05. The Morgan fingerprint density at radius 3 is 2.48 bits per heavy atom. The molecule has 132 valence electrons. The summed E-state index contributed by atoms with van der Waals surface area (Å²) >= 11 is 3.09. The lowest BCUT2D eigenvalue weighted by Crippen LogP contribution is -2.25. The predicted molar refractivity (Wildman–Crippen MR) is 84.8 cm³/mol. The van der Waals surface area contributed by atoms with Crippen LogP contribution in [0, 0.1) is 17.5 Å². The summed E-state index contributed by atoms with van der Waals surface area (Å²) in [5.41, 5.74) is -0.521. The lowest BCUT2D eigenvalue weighted by Gasteiger charge is -2.12. The molecule has 2 rings (SSSR count). The molecule has 1 amide bonds. The van der Waals surface area contributed by atoms with Gasteiger partial charge in [0.2, 0.25) is 0 Å². The Kier molecular flexibility index (Phi) is 6.02. The number of hydrogen-bond donors (Lipinski definition) is 2. The van der Waals surface area contributed by atoms with Gasteiger partial charge >= 0.3 is 5.97 Å². The van der Waals surface area contributed by atoms with Crippen molar-refractivity contribution in [1.29, 1.82) is 0 Å². The van der Waals surface area contributed by atoms with Crippen molar-refractivity contribution in [3.8, 4) is 5.75 Å². The molecule has 0 aliphatic carbocycles. The van der Waals surface area contributed by atoms with E-state index in [0.717, 1.165) is 0 Å². The summed E-state index contributed by atoms with van der Waals surface area (Å²) in [7, 11) is 0. The quantitative estimate of drug-likeness (QED) is 0.756. The number of hydrogen-bond acceptors (Lipinski definition) is 3. The molecule has 25 heavy (non-hydrogen) atoms. The molecule has 0 saturated heterocycles. The second-order valence-corrected chi connectivity index (χ2v) is 5.78. The van der Waals surface area contributed by atoms with Gasteiger partial charge in [-0.3, -0.25) is 4.79 Å². The van der Waals surface area contributed by atoms with E-state index in [1.165, 1.54) is 12.1 Å². The first kappa shape index (κ1) is 18.8. The molecule has 2 aromatic carbocycles. The fraction of sp³-hybridized carbons (Fsp3) is 0.125. The first-order valence-electron chi connectivity index (χ1n) is 6.83. The molecule has 0 bridgehead atoms. The second kappa shape index (κ2) is 8.02. The van der Waals surface area contributed by atoms with Crippen LogP contribution in [0.1, 0.15) is 15.9 Å². The molecule has 0 aliphatic heterocycles. The van der Waals surface area contributed by atoms with Gasteiger partial charge in [0.15, 0.2) is 6.61 Å². The minimum atomic E-state index is -1.38. The monoisotopic (exact) mass is 417 g/mol. The number of ether oxygens (including phenoxy) is 1. The van der Waals surface area contributed by atoms with Gasteiger partial charge in [-0.2, -0.15) is 0 Å². The van der Waals surface area contributed by atoms with Crippen molar-refractivity contribution in [3.05, 3.63) is 63.4 Å². The largest absolute Gasteiger partial charge is 0.481 e. The Balaban J connectivity index is 2.21. The number of rotatable bonds is 6. The highest BCUT2D eigenvalue weighted by molar-refractivity contribution is 9.10. The summed E-state index contributed by atoms with van der Waals surface area (Å²) in [6, 6.07) is 5.33. The van der Waals surface area contributed by atoms with Crippen molar-refractivity contribution in [2.45, 2.75) is 6.54 Å². The minimum Gasteiger partial charge on any atom is -0.481 e. The normalized spacial score (nSPS) is 10.4. The number of nitrogens with one attached hydrogen (secondary N) is 1. The number of carboxylic acid groups (broad SMARTS) is 1. The standard InChI is InChI=1S/C16H11BrF3NO4/c17-9-2-1-8(11(19)3-9)6-21-16(24)15-12(20)4-10(18)5-13(15)25-7-14(22)23/h1-5H,6-7H2,(H,21,24)(H,22,23). The van der Waals surface area contributed by atoms with Crippen LogP contribution in [0.2, 0.25) is 0 Å². The number of aliphatic carboxylic acids is 1. The van der Waals surface area contributed by atoms with E-state index in [-0.39, 0.29) is 12.1 Å². The Bertz CT molecular complexity index is 829. The first-order chi connectivity index (χ1) is 11.8. The van der Waals surface area contributed by atoms with Crippen LogP contribution in [0.3, 0.4) is 0 Å². The molecule has 5 nitrogen and oxygen atoms in total. The molecule has 2 N–H and O–H groups in total. The molecule has 0 saturated carbocycles. The molecular weight excluding hydrogens is 407 g/mol. The molecule has 9 heteroatoms. The second-order valence-electron chi connectivity index (χ2n) is 4.86. The predicted octanol–water partition coefficient (Wildman–Crippen LogP) is 3.26. The number of carboxylic acids is 1. The van der Waals surface area contributed by atoms with Gasteiger partial charge in [-0.1, -0.05) is 22.0 Å². The van der Waals surface area contributed by atoms with Crippen molar-refractivity contribution < 1.29 is 32.6 Å². The number of carbonyl (C=O) groups excluding carboxylic acids is 1. The van der Waals surface area contributed by atoms with Crippen molar-refractivity contribution >= 4 is 27.8 Å². The Morgan fingerprint density at radius 2 is 1.84 bits per heavy atom. The molecule has 0 atom stereocenters. The molecule has 0 aliphatic rings. The average molecular weight is 418 g/mol. The van der Waals surface area contributed by atoms with Gasteiger partial charge in [0, 0.05) is 28.7 Å². The number of carbonyl (C=O) groups is 2. The highest BCUT2D eigenvalue weighted by Gasteiger charge is 2.21. The summed E-state index contributed by atoms with van der Waals surface area (Å²) in [6.07, 6.45) is 0. The van der Waals surface area contributed by atoms with E-state index < -0.39 is 47.2 Å². The molecule has 0 aromatic heterocycles. The van der Waals surface area contributed by atoms with E-state index >= 15 is 0 Å². The molecule has 0 spiro atoms. The summed E-state index contributed by atoms with van der Waals surface area (Å²) in [6.45, 7) is -1.14. The van der Waals surface area contributed by atoms with Gasteiger partial charge in [0.1, 0.15) is 28.8 Å². The fourth-order valence-corrected chi connectivity index (χ4v) is 2.29. The molecular formula is C16H11BrF3NO4. The van der Waals surface area contributed by atoms with E-state index in [4.69, 9.17) is 9.84 Å². The number of benzene rings is 2. The van der Waals surface area contributed by atoms with Crippen molar-refractivity contribution in [2.24, 2.45) is 0 Å². The molecule has 0 radical (unpaired) electrons. The maximum Gasteiger partial charge on any atom is 0.341 e. The van der Waals surface area contributed by atoms with Gasteiger partial charge in [-0.15, -0.1) is 0 Å². The van der Waals surface area contributed by atoms with Gasteiger partial charge in [0.25, 0.3) is 5.91 Å². The lowest BCUT2D eigenvalue weighted by molar-refractivity contribution is -0.139. The zero-order valence-corrected chi connectivity index (χ0v) is 14.1. The minimum absolute atomic E-state index is 0.145. The Morgan fingerprint density at radius 1 is 1.12 bits per heavy atom. The summed E-state index contributed by atoms with van der Waals surface area (Å²) in [4.78, 5) is 22.7. The fourth-order valence-electron chi connectivity index (χ4n) is 1.95. The van der Waals surface area contributed by atoms with Crippen LogP contribution in [-0.2, 0) is 11.3 Å². The topological polar surface area (TPSA) is 75.6 Å². The van der Waals surface area contributed by atoms with Gasteiger partial charge in [0.05, 0.1) is 0 Å². The van der Waals surface area contributed by atoms with Crippen LogP contribution in [-0.4, -0.2) is 23.6 Å². The van der Waals surface area contributed by atoms with E-state index in [2.05, 4.69) is 21.2 Å². The number of amides is 1. The number of halogens is 4. The SMILES string of the molecule is O=C(O)COc1cc(F)cc(F)c1C(=O)NCc1ccc(Br)cc1F. The van der Waals surface area contributed by atoms with Crippen LogP contribution in [0.15, 0.2) is 34.8 Å². The average Bonchev–Trinajstić information content (AvgIpc) is 2.51. The molecule has 0 fully saturated rings. The maximum absolute atomic E-state index is 13.9. The summed E-state index contributed by atoms with van der Waals surface area (Å²) in [5, 5.41) is 10.9. The van der Waals surface area contributed by atoms with Gasteiger partial charge in [-0.05, 0) is 12.1 Å². The van der Waals surface area contributed by atoms with E-state index in [9.17, 15) is 22.8 Å². The zero-order valence-electron chi connectivity index (χ0n) is 12.5. The lowest BCUT2D eigenvalue weighted by atomic mass is 10.1. The first-order valence-corrected chi connectivity index (χ1v) is 7.63. The molecule has 0 heterocycles. The third-order valence-corrected chi connectivity index (χ3v) is 3.54. The smallest absolute Gasteiger partial charge is 0.341 e. The van der Waals surface area contributed by atoms with Crippen LogP contribution in [0.4, 0.5) is 13.2 Å². The highest BCUT2D eigenvalue weighted by atomic mass is 79.9. The van der Waals surface area contributed by atoms with Gasteiger partial charge < -0.3 is 15.2 Å². The van der Waals surface area contributed by atoms with E-state index in [1.807, 2.05) is 0 Å². The Hall–Kier alpha value is -2.55. The highest BCUT2D eigenvalue weighted by Crippen LogP contribution is 2.24. The van der Waals surface area contributed by atoms with Crippen molar-refractivity contribution in [1.82, 2.24) is 5.32 Å². The van der Waals surface area contributed by atoms with Crippen LogP contribution in [0.25, 0.3) is 0 Å². The Labute approximate surface area is 148 Å². The van der Waals surface area contributed by atoms with Crippen molar-refractivity contribution in [3.63, 3.8) is 0 Å².